The molecule has 3 nitrogen and oxygen atoms in total. The molecule has 3 rings (SSSR count). The first-order valence-electron chi connectivity index (χ1n) is 7.22. The smallest absolute Gasteiger partial charge is 0.0480 e. The fourth-order valence-corrected chi connectivity index (χ4v) is 2.96. The molecule has 102 valence electrons. The van der Waals surface area contributed by atoms with Crippen molar-refractivity contribution in [3.63, 3.8) is 0 Å². The molecule has 1 fully saturated rings. The number of para-hydroxylation sites is 1. The zero-order valence-electron chi connectivity index (χ0n) is 11.5. The minimum Gasteiger partial charge on any atom is -0.381 e. The molecule has 1 atom stereocenters. The highest BCUT2D eigenvalue weighted by molar-refractivity contribution is 5.83. The van der Waals surface area contributed by atoms with Crippen LogP contribution in [0.4, 0.5) is 0 Å². The summed E-state index contributed by atoms with van der Waals surface area (Å²) in [5, 5.41) is 5.08. The number of fused-ring (bicyclic) bond motifs is 1. The Kier molecular flexibility index (Phi) is 3.85. The zero-order chi connectivity index (χ0) is 13.1. The second-order valence-electron chi connectivity index (χ2n) is 5.52. The molecular formula is C16H22N2O. The summed E-state index contributed by atoms with van der Waals surface area (Å²) in [6.45, 7) is 4.08. The van der Waals surface area contributed by atoms with E-state index in [2.05, 4.69) is 47.7 Å². The molecular weight excluding hydrogens is 236 g/mol. The van der Waals surface area contributed by atoms with Crippen LogP contribution in [-0.2, 0) is 11.2 Å². The van der Waals surface area contributed by atoms with Gasteiger partial charge in [0.1, 0.15) is 0 Å². The Morgan fingerprint density at radius 3 is 2.95 bits per heavy atom. The number of aromatic nitrogens is 1. The van der Waals surface area contributed by atoms with Gasteiger partial charge in [-0.05, 0) is 37.8 Å². The molecule has 2 aromatic rings. The maximum absolute atomic E-state index is 5.40. The van der Waals surface area contributed by atoms with Crippen molar-refractivity contribution in [1.29, 1.82) is 0 Å². The van der Waals surface area contributed by atoms with E-state index in [-0.39, 0.29) is 0 Å². The first kappa shape index (κ1) is 12.7. The van der Waals surface area contributed by atoms with E-state index in [1.165, 1.54) is 16.5 Å². The summed E-state index contributed by atoms with van der Waals surface area (Å²) in [5.74, 6) is 0. The van der Waals surface area contributed by atoms with Crippen LogP contribution in [0.15, 0.2) is 30.5 Å². The molecule has 1 aromatic heterocycles. The fourth-order valence-electron chi connectivity index (χ4n) is 2.96. The van der Waals surface area contributed by atoms with Crippen molar-refractivity contribution in [3.8, 4) is 0 Å². The van der Waals surface area contributed by atoms with Crippen LogP contribution in [-0.4, -0.2) is 30.3 Å². The van der Waals surface area contributed by atoms with Gasteiger partial charge < -0.3 is 15.0 Å². The highest BCUT2D eigenvalue weighted by Gasteiger charge is 2.16. The number of benzene rings is 1. The predicted molar refractivity (Wildman–Crippen MR) is 78.4 cm³/mol. The summed E-state index contributed by atoms with van der Waals surface area (Å²) in [6.07, 6.45) is 5.49. The first-order chi connectivity index (χ1) is 9.33. The zero-order valence-corrected chi connectivity index (χ0v) is 11.5. The highest BCUT2D eigenvalue weighted by atomic mass is 16.5. The lowest BCUT2D eigenvalue weighted by atomic mass is 10.0. The molecule has 0 saturated carbocycles. The Balaban J connectivity index is 1.63. The quantitative estimate of drug-likeness (QED) is 0.885. The lowest BCUT2D eigenvalue weighted by Crippen LogP contribution is -2.41. The van der Waals surface area contributed by atoms with Gasteiger partial charge in [-0.15, -0.1) is 0 Å². The third-order valence-corrected chi connectivity index (χ3v) is 3.94. The van der Waals surface area contributed by atoms with Crippen molar-refractivity contribution in [1.82, 2.24) is 10.3 Å². The van der Waals surface area contributed by atoms with Crippen LogP contribution in [0.3, 0.4) is 0 Å². The second kappa shape index (κ2) is 5.76. The van der Waals surface area contributed by atoms with E-state index < -0.39 is 0 Å². The van der Waals surface area contributed by atoms with Crippen molar-refractivity contribution >= 4 is 10.9 Å². The molecule has 0 bridgehead atoms. The predicted octanol–water partition coefficient (Wildman–Crippen LogP) is 2.87. The lowest BCUT2D eigenvalue weighted by Gasteiger charge is -2.26. The summed E-state index contributed by atoms with van der Waals surface area (Å²) in [6, 6.07) is 9.64. The van der Waals surface area contributed by atoms with E-state index in [0.29, 0.717) is 12.1 Å². The molecule has 1 aromatic carbocycles. The topological polar surface area (TPSA) is 37.0 Å². The summed E-state index contributed by atoms with van der Waals surface area (Å²) >= 11 is 0. The second-order valence-corrected chi connectivity index (χ2v) is 5.52. The van der Waals surface area contributed by atoms with Crippen LogP contribution >= 0.6 is 0 Å². The number of aromatic amines is 1. The van der Waals surface area contributed by atoms with Gasteiger partial charge in [-0.3, -0.25) is 0 Å². The van der Waals surface area contributed by atoms with Gasteiger partial charge >= 0.3 is 0 Å². The van der Waals surface area contributed by atoms with E-state index in [9.17, 15) is 0 Å². The first-order valence-corrected chi connectivity index (χ1v) is 7.22. The molecule has 0 radical (unpaired) electrons. The van der Waals surface area contributed by atoms with Crippen molar-refractivity contribution in [2.24, 2.45) is 0 Å². The standard InChI is InChI=1S/C16H22N2O/c1-12(18-14-6-8-19-9-7-14)10-13-11-17-16-5-3-2-4-15(13)16/h2-5,11-12,14,17-18H,6-10H2,1H3/t12-/m1/s1. The average molecular weight is 258 g/mol. The van der Waals surface area contributed by atoms with Crippen molar-refractivity contribution in [2.75, 3.05) is 13.2 Å². The maximum Gasteiger partial charge on any atom is 0.0480 e. The van der Waals surface area contributed by atoms with Crippen LogP contribution < -0.4 is 5.32 Å². The SMILES string of the molecule is C[C@H](Cc1c[nH]c2ccccc12)NC1CCOCC1. The van der Waals surface area contributed by atoms with Crippen molar-refractivity contribution < 1.29 is 4.74 Å². The molecule has 0 amide bonds. The lowest BCUT2D eigenvalue weighted by molar-refractivity contribution is 0.0755. The Labute approximate surface area is 114 Å². The van der Waals surface area contributed by atoms with E-state index in [4.69, 9.17) is 4.74 Å². The molecule has 2 N–H and O–H groups in total. The molecule has 1 aliphatic rings. The van der Waals surface area contributed by atoms with E-state index in [0.717, 1.165) is 32.5 Å². The number of rotatable bonds is 4. The molecule has 3 heteroatoms. The number of nitrogens with one attached hydrogen (secondary N) is 2. The number of hydrogen-bond donors (Lipinski definition) is 2. The van der Waals surface area contributed by atoms with Gasteiger partial charge in [0.05, 0.1) is 0 Å². The van der Waals surface area contributed by atoms with Crippen molar-refractivity contribution in [2.45, 2.75) is 38.3 Å². The Hall–Kier alpha value is -1.32. The van der Waals surface area contributed by atoms with Gasteiger partial charge in [-0.2, -0.15) is 0 Å². The van der Waals surface area contributed by atoms with Crippen molar-refractivity contribution in [3.05, 3.63) is 36.0 Å². The molecule has 0 unspecified atom stereocenters. The summed E-state index contributed by atoms with van der Waals surface area (Å²) in [5.41, 5.74) is 2.64. The summed E-state index contributed by atoms with van der Waals surface area (Å²) in [7, 11) is 0. The minimum absolute atomic E-state index is 0.502. The monoisotopic (exact) mass is 258 g/mol. The van der Waals surface area contributed by atoms with Gasteiger partial charge in [0.2, 0.25) is 0 Å². The molecule has 1 saturated heterocycles. The fraction of sp³-hybridized carbons (Fsp3) is 0.500. The Morgan fingerprint density at radius 1 is 1.32 bits per heavy atom. The average Bonchev–Trinajstić information content (AvgIpc) is 2.83. The normalized spacial score (nSPS) is 18.8. The molecule has 0 aliphatic carbocycles. The highest BCUT2D eigenvalue weighted by Crippen LogP contribution is 2.19. The van der Waals surface area contributed by atoms with Gasteiger partial charge in [-0.25, -0.2) is 0 Å². The number of H-pyrrole nitrogens is 1. The van der Waals surface area contributed by atoms with E-state index in [1.807, 2.05) is 0 Å². The van der Waals surface area contributed by atoms with Crippen LogP contribution in [0.1, 0.15) is 25.3 Å². The van der Waals surface area contributed by atoms with Crippen LogP contribution in [0.5, 0.6) is 0 Å². The van der Waals surface area contributed by atoms with Crippen LogP contribution in [0.25, 0.3) is 10.9 Å². The summed E-state index contributed by atoms with van der Waals surface area (Å²) < 4.78 is 5.40. The minimum atomic E-state index is 0.502. The van der Waals surface area contributed by atoms with Gasteiger partial charge in [0.15, 0.2) is 0 Å². The summed E-state index contributed by atoms with van der Waals surface area (Å²) in [4.78, 5) is 3.35. The Morgan fingerprint density at radius 2 is 2.11 bits per heavy atom. The molecule has 1 aliphatic heterocycles. The third-order valence-electron chi connectivity index (χ3n) is 3.94. The van der Waals surface area contributed by atoms with E-state index in [1.54, 1.807) is 0 Å². The van der Waals surface area contributed by atoms with Gasteiger partial charge in [0, 0.05) is 42.4 Å². The van der Waals surface area contributed by atoms with Gasteiger partial charge in [-0.1, -0.05) is 18.2 Å². The molecule has 19 heavy (non-hydrogen) atoms. The number of hydrogen-bond acceptors (Lipinski definition) is 2. The van der Waals surface area contributed by atoms with E-state index >= 15 is 0 Å². The largest absolute Gasteiger partial charge is 0.381 e. The number of ether oxygens (including phenoxy) is 1. The third kappa shape index (κ3) is 2.99. The van der Waals surface area contributed by atoms with Gasteiger partial charge in [0.25, 0.3) is 0 Å². The van der Waals surface area contributed by atoms with Crippen LogP contribution in [0.2, 0.25) is 0 Å². The van der Waals surface area contributed by atoms with Crippen LogP contribution in [0, 0.1) is 0 Å². The maximum atomic E-state index is 5.40. The molecule has 0 spiro atoms. The molecule has 2 heterocycles. The Bertz CT molecular complexity index is 528.